The van der Waals surface area contributed by atoms with Crippen LogP contribution in [0.3, 0.4) is 0 Å². The fraction of sp³-hybridized carbons (Fsp3) is 0.533. The highest BCUT2D eigenvalue weighted by Gasteiger charge is 2.40. The Bertz CT molecular complexity index is 712. The molecular weight excluding hydrogens is 339 g/mol. The molecule has 0 atom stereocenters. The number of pyridine rings is 1. The first-order valence-electron chi connectivity index (χ1n) is 7.27. The van der Waals surface area contributed by atoms with E-state index in [9.17, 15) is 22.0 Å². The second-order valence-corrected chi connectivity index (χ2v) is 6.42. The predicted octanol–water partition coefficient (Wildman–Crippen LogP) is 5.37. The van der Waals surface area contributed by atoms with Crippen molar-refractivity contribution in [3.05, 3.63) is 34.7 Å². The zero-order valence-corrected chi connectivity index (χ0v) is 12.8. The lowest BCUT2D eigenvalue weighted by molar-refractivity contribution is -0.141. The van der Waals surface area contributed by atoms with Gasteiger partial charge < -0.3 is 4.40 Å². The van der Waals surface area contributed by atoms with E-state index >= 15 is 0 Å². The number of aromatic nitrogens is 2. The first-order chi connectivity index (χ1) is 10.7. The van der Waals surface area contributed by atoms with Gasteiger partial charge in [0, 0.05) is 19.0 Å². The van der Waals surface area contributed by atoms with Crippen molar-refractivity contribution in [3.63, 3.8) is 0 Å². The summed E-state index contributed by atoms with van der Waals surface area (Å²) in [6.07, 6.45) is -3.30. The highest BCUT2D eigenvalue weighted by molar-refractivity contribution is 6.30. The fourth-order valence-corrected chi connectivity index (χ4v) is 3.23. The third kappa shape index (κ3) is 3.44. The summed E-state index contributed by atoms with van der Waals surface area (Å²) >= 11 is 5.87. The molecule has 2 aromatic rings. The number of hydrogen-bond donors (Lipinski definition) is 0. The van der Waals surface area contributed by atoms with E-state index in [4.69, 9.17) is 11.6 Å². The second-order valence-electron chi connectivity index (χ2n) is 5.98. The van der Waals surface area contributed by atoms with Crippen molar-refractivity contribution < 1.29 is 22.0 Å². The summed E-state index contributed by atoms with van der Waals surface area (Å²) in [6.45, 7) is 0. The number of alkyl halides is 5. The van der Waals surface area contributed by atoms with Crippen LogP contribution in [-0.2, 0) is 12.6 Å². The lowest BCUT2D eigenvalue weighted by Crippen LogP contribution is -2.26. The van der Waals surface area contributed by atoms with Gasteiger partial charge in [0.15, 0.2) is 5.69 Å². The molecular formula is C15H14ClF5N2. The molecule has 23 heavy (non-hydrogen) atoms. The average molecular weight is 353 g/mol. The molecule has 2 nitrogen and oxygen atoms in total. The highest BCUT2D eigenvalue weighted by atomic mass is 35.5. The number of halogens is 6. The van der Waals surface area contributed by atoms with Gasteiger partial charge in [0.1, 0.15) is 5.65 Å². The predicted molar refractivity (Wildman–Crippen MR) is 75.8 cm³/mol. The second kappa shape index (κ2) is 5.61. The quantitative estimate of drug-likeness (QED) is 0.664. The Morgan fingerprint density at radius 2 is 1.87 bits per heavy atom. The Balaban J connectivity index is 1.96. The minimum absolute atomic E-state index is 0.00906. The van der Waals surface area contributed by atoms with Crippen molar-refractivity contribution in [2.24, 2.45) is 5.92 Å². The maximum atomic E-state index is 13.2. The molecule has 0 spiro atoms. The van der Waals surface area contributed by atoms with Gasteiger partial charge in [0.2, 0.25) is 5.92 Å². The minimum atomic E-state index is -4.59. The molecule has 0 saturated heterocycles. The summed E-state index contributed by atoms with van der Waals surface area (Å²) in [5, 5.41) is 0.292. The maximum absolute atomic E-state index is 13.2. The summed E-state index contributed by atoms with van der Waals surface area (Å²) in [7, 11) is 0. The molecule has 0 N–H and O–H groups in total. The van der Waals surface area contributed by atoms with E-state index in [1.165, 1.54) is 22.7 Å². The maximum Gasteiger partial charge on any atom is 0.435 e. The van der Waals surface area contributed by atoms with Crippen LogP contribution in [0.4, 0.5) is 22.0 Å². The van der Waals surface area contributed by atoms with Gasteiger partial charge in [-0.2, -0.15) is 13.2 Å². The summed E-state index contributed by atoms with van der Waals surface area (Å²) in [6, 6.07) is 2.88. The zero-order chi connectivity index (χ0) is 16.8. The van der Waals surface area contributed by atoms with Gasteiger partial charge in [-0.15, -0.1) is 0 Å². The molecule has 0 radical (unpaired) electrons. The molecule has 0 aliphatic heterocycles. The molecule has 8 heteroatoms. The van der Waals surface area contributed by atoms with E-state index in [0.29, 0.717) is 5.02 Å². The molecule has 126 valence electrons. The van der Waals surface area contributed by atoms with Crippen LogP contribution < -0.4 is 0 Å². The lowest BCUT2D eigenvalue weighted by atomic mass is 9.83. The van der Waals surface area contributed by atoms with Gasteiger partial charge in [0.25, 0.3) is 0 Å². The SMILES string of the molecule is FC1(F)CCC(Cc2c(C(F)(F)F)nc3ccc(Cl)cn23)CC1. The first-order valence-corrected chi connectivity index (χ1v) is 7.65. The third-order valence-corrected chi connectivity index (χ3v) is 4.49. The van der Waals surface area contributed by atoms with Crippen molar-refractivity contribution in [1.82, 2.24) is 9.38 Å². The standard InChI is InChI=1S/C15H14ClF5N2/c16-10-1-2-12-22-13(15(19,20)21)11(23(12)8-10)7-9-3-5-14(17,18)6-4-9/h1-2,8-9H,3-7H2. The Hall–Kier alpha value is -1.37. The number of fused-ring (bicyclic) bond motifs is 1. The van der Waals surface area contributed by atoms with Crippen LogP contribution >= 0.6 is 11.6 Å². The van der Waals surface area contributed by atoms with E-state index in [1.54, 1.807) is 0 Å². The summed E-state index contributed by atoms with van der Waals surface area (Å²) < 4.78 is 67.5. The average Bonchev–Trinajstić information content (AvgIpc) is 2.79. The molecule has 0 amide bonds. The molecule has 1 saturated carbocycles. The van der Waals surface area contributed by atoms with E-state index in [0.717, 1.165) is 0 Å². The minimum Gasteiger partial charge on any atom is -0.302 e. The van der Waals surface area contributed by atoms with Crippen LogP contribution in [0, 0.1) is 5.92 Å². The topological polar surface area (TPSA) is 17.3 Å². The zero-order valence-electron chi connectivity index (χ0n) is 12.0. The smallest absolute Gasteiger partial charge is 0.302 e. The number of rotatable bonds is 2. The van der Waals surface area contributed by atoms with Crippen molar-refractivity contribution in [2.45, 2.75) is 44.2 Å². The van der Waals surface area contributed by atoms with Gasteiger partial charge in [0.05, 0.1) is 10.7 Å². The summed E-state index contributed by atoms with van der Waals surface area (Å²) in [5.41, 5.74) is -0.819. The summed E-state index contributed by atoms with van der Waals surface area (Å²) in [4.78, 5) is 3.65. The molecule has 2 aromatic heterocycles. The van der Waals surface area contributed by atoms with Gasteiger partial charge in [-0.05, 0) is 37.3 Å². The van der Waals surface area contributed by atoms with Crippen LogP contribution in [0.5, 0.6) is 0 Å². The molecule has 1 fully saturated rings. The van der Waals surface area contributed by atoms with E-state index in [-0.39, 0.29) is 49.4 Å². The lowest BCUT2D eigenvalue weighted by Gasteiger charge is -2.28. The number of nitrogens with zero attached hydrogens (tertiary/aromatic N) is 2. The van der Waals surface area contributed by atoms with Crippen molar-refractivity contribution in [2.75, 3.05) is 0 Å². The molecule has 3 rings (SSSR count). The Morgan fingerprint density at radius 1 is 1.22 bits per heavy atom. The summed E-state index contributed by atoms with van der Waals surface area (Å²) in [5.74, 6) is -2.92. The molecule has 0 bridgehead atoms. The van der Waals surface area contributed by atoms with Crippen LogP contribution in [-0.4, -0.2) is 15.3 Å². The Labute approximate surface area is 134 Å². The van der Waals surface area contributed by atoms with E-state index in [2.05, 4.69) is 4.98 Å². The van der Waals surface area contributed by atoms with Crippen LogP contribution in [0.2, 0.25) is 5.02 Å². The van der Waals surface area contributed by atoms with Gasteiger partial charge >= 0.3 is 6.18 Å². The van der Waals surface area contributed by atoms with Crippen LogP contribution in [0.15, 0.2) is 18.3 Å². The van der Waals surface area contributed by atoms with E-state index < -0.39 is 17.8 Å². The molecule has 1 aliphatic carbocycles. The fourth-order valence-electron chi connectivity index (χ4n) is 3.07. The van der Waals surface area contributed by atoms with E-state index in [1.807, 2.05) is 0 Å². The normalized spacial score (nSPS) is 19.4. The van der Waals surface area contributed by atoms with Crippen molar-refractivity contribution in [1.29, 1.82) is 0 Å². The van der Waals surface area contributed by atoms with Gasteiger partial charge in [-0.1, -0.05) is 11.6 Å². The molecule has 0 unspecified atom stereocenters. The van der Waals surface area contributed by atoms with Crippen LogP contribution in [0.1, 0.15) is 37.1 Å². The van der Waals surface area contributed by atoms with Crippen LogP contribution in [0.25, 0.3) is 5.65 Å². The third-order valence-electron chi connectivity index (χ3n) is 4.27. The Morgan fingerprint density at radius 3 is 2.48 bits per heavy atom. The van der Waals surface area contributed by atoms with Crippen molar-refractivity contribution in [3.8, 4) is 0 Å². The molecule has 1 aliphatic rings. The first kappa shape index (κ1) is 16.5. The molecule has 2 heterocycles. The largest absolute Gasteiger partial charge is 0.435 e. The number of imidazole rings is 1. The number of hydrogen-bond acceptors (Lipinski definition) is 1. The highest BCUT2D eigenvalue weighted by Crippen LogP contribution is 2.39. The van der Waals surface area contributed by atoms with Gasteiger partial charge in [-0.25, -0.2) is 13.8 Å². The molecule has 0 aromatic carbocycles. The monoisotopic (exact) mass is 352 g/mol. The van der Waals surface area contributed by atoms with Gasteiger partial charge in [-0.3, -0.25) is 0 Å². The Kier molecular flexibility index (Phi) is 4.02. The van der Waals surface area contributed by atoms with Crippen molar-refractivity contribution >= 4 is 17.2 Å².